The molecule has 0 aliphatic rings. The van der Waals surface area contributed by atoms with Crippen LogP contribution in [0, 0.1) is 6.92 Å². The number of aryl methyl sites for hydroxylation is 2. The number of amides is 1. The van der Waals surface area contributed by atoms with E-state index < -0.39 is 28.4 Å². The normalized spacial score (nSPS) is 11.2. The molecule has 9 heteroatoms. The van der Waals surface area contributed by atoms with Crippen molar-refractivity contribution in [1.82, 2.24) is 5.32 Å². The number of rotatable bonds is 11. The first-order valence-electron chi connectivity index (χ1n) is 11.5. The molecule has 0 fully saturated rings. The Labute approximate surface area is 216 Å². The molecule has 0 aliphatic heterocycles. The predicted octanol–water partition coefficient (Wildman–Crippen LogP) is 4.74. The Morgan fingerprint density at radius 2 is 1.64 bits per heavy atom. The summed E-state index contributed by atoms with van der Waals surface area (Å²) in [5.41, 5.74) is 3.51. The van der Waals surface area contributed by atoms with E-state index in [1.54, 1.807) is 55.5 Å². The highest BCUT2D eigenvalue weighted by Gasteiger charge is 2.28. The van der Waals surface area contributed by atoms with Crippen LogP contribution < -0.4 is 9.62 Å². The predicted molar refractivity (Wildman–Crippen MR) is 141 cm³/mol. The fourth-order valence-electron chi connectivity index (χ4n) is 3.72. The lowest BCUT2D eigenvalue weighted by Gasteiger charge is -2.26. The Bertz CT molecular complexity index is 1340. The molecule has 0 aliphatic carbocycles. The number of aliphatic carboxylic acids is 1. The minimum Gasteiger partial charge on any atom is -0.481 e. The molecular weight excluding hydrogens is 500 g/mol. The second-order valence-corrected chi connectivity index (χ2v) is 10.7. The van der Waals surface area contributed by atoms with E-state index in [1.165, 1.54) is 0 Å². The van der Waals surface area contributed by atoms with Crippen molar-refractivity contribution in [1.29, 1.82) is 0 Å². The summed E-state index contributed by atoms with van der Waals surface area (Å²) in [6.07, 6.45) is 1.17. The van der Waals surface area contributed by atoms with Gasteiger partial charge in [0.2, 0.25) is 5.91 Å². The molecule has 3 aromatic carbocycles. The smallest absolute Gasteiger partial charge is 0.303 e. The van der Waals surface area contributed by atoms with Crippen molar-refractivity contribution in [2.45, 2.75) is 44.6 Å². The summed E-state index contributed by atoms with van der Waals surface area (Å²) in [6, 6.07) is 18.8. The third-order valence-electron chi connectivity index (χ3n) is 5.82. The number of carboxylic acids is 1. The van der Waals surface area contributed by atoms with E-state index in [4.69, 9.17) is 16.7 Å². The molecule has 0 atom stereocenters. The number of carboxylic acid groups (broad SMARTS) is 1. The molecule has 0 bridgehead atoms. The summed E-state index contributed by atoms with van der Waals surface area (Å²) in [7, 11) is -4.06. The number of benzene rings is 3. The van der Waals surface area contributed by atoms with Gasteiger partial charge in [0.25, 0.3) is 10.0 Å². The number of nitrogens with one attached hydrogen (secondary N) is 1. The van der Waals surface area contributed by atoms with E-state index in [9.17, 15) is 18.0 Å². The van der Waals surface area contributed by atoms with Gasteiger partial charge in [-0.3, -0.25) is 13.9 Å². The maximum absolute atomic E-state index is 13.6. The summed E-state index contributed by atoms with van der Waals surface area (Å²) < 4.78 is 28.3. The first-order chi connectivity index (χ1) is 17.1. The highest BCUT2D eigenvalue weighted by Crippen LogP contribution is 2.31. The molecule has 0 saturated heterocycles. The molecule has 0 radical (unpaired) electrons. The summed E-state index contributed by atoms with van der Waals surface area (Å²) in [6.45, 7) is 3.43. The van der Waals surface area contributed by atoms with E-state index in [1.807, 2.05) is 25.1 Å². The first kappa shape index (κ1) is 27.2. The Morgan fingerprint density at radius 3 is 2.31 bits per heavy atom. The highest BCUT2D eigenvalue weighted by molar-refractivity contribution is 7.92. The fraction of sp³-hybridized carbons (Fsp3) is 0.259. The lowest BCUT2D eigenvalue weighted by Crippen LogP contribution is -2.41. The van der Waals surface area contributed by atoms with E-state index in [2.05, 4.69) is 5.32 Å². The van der Waals surface area contributed by atoms with Gasteiger partial charge < -0.3 is 10.4 Å². The number of nitrogens with zero attached hydrogens (tertiary/aromatic N) is 1. The van der Waals surface area contributed by atoms with Gasteiger partial charge in [0.1, 0.15) is 6.54 Å². The fourth-order valence-corrected chi connectivity index (χ4v) is 5.37. The van der Waals surface area contributed by atoms with Gasteiger partial charge in [-0.1, -0.05) is 61.0 Å². The molecule has 190 valence electrons. The van der Waals surface area contributed by atoms with Crippen molar-refractivity contribution in [2.24, 2.45) is 0 Å². The lowest BCUT2D eigenvalue weighted by atomic mass is 10.1. The van der Waals surface area contributed by atoms with Gasteiger partial charge in [-0.2, -0.15) is 0 Å². The van der Waals surface area contributed by atoms with Crippen LogP contribution in [0.4, 0.5) is 5.69 Å². The molecule has 0 spiro atoms. The van der Waals surface area contributed by atoms with Crippen LogP contribution in [0.5, 0.6) is 0 Å². The van der Waals surface area contributed by atoms with Crippen LogP contribution in [-0.4, -0.2) is 31.9 Å². The summed E-state index contributed by atoms with van der Waals surface area (Å²) in [5, 5.41) is 12.1. The monoisotopic (exact) mass is 528 g/mol. The number of halogens is 1. The second kappa shape index (κ2) is 12.1. The number of sulfonamides is 1. The van der Waals surface area contributed by atoms with Gasteiger partial charge in [0.05, 0.1) is 10.6 Å². The zero-order chi connectivity index (χ0) is 26.3. The van der Waals surface area contributed by atoms with Gasteiger partial charge in [-0.15, -0.1) is 0 Å². The van der Waals surface area contributed by atoms with Crippen LogP contribution in [-0.2, 0) is 39.0 Å². The topological polar surface area (TPSA) is 104 Å². The number of hydrogen-bond acceptors (Lipinski definition) is 4. The Morgan fingerprint density at radius 1 is 0.972 bits per heavy atom. The summed E-state index contributed by atoms with van der Waals surface area (Å²) >= 11 is 6.27. The number of hydrogen-bond donors (Lipinski definition) is 2. The molecule has 36 heavy (non-hydrogen) atoms. The van der Waals surface area contributed by atoms with Crippen LogP contribution >= 0.6 is 11.6 Å². The Balaban J connectivity index is 1.83. The third-order valence-corrected chi connectivity index (χ3v) is 8.01. The quantitative estimate of drug-likeness (QED) is 0.374. The van der Waals surface area contributed by atoms with Crippen molar-refractivity contribution in [2.75, 3.05) is 10.8 Å². The molecule has 0 heterocycles. The molecule has 0 saturated carbocycles. The molecule has 3 rings (SSSR count). The average molecular weight is 529 g/mol. The zero-order valence-electron chi connectivity index (χ0n) is 20.2. The number of carbonyl (C=O) groups excluding carboxylic acids is 1. The molecule has 7 nitrogen and oxygen atoms in total. The summed E-state index contributed by atoms with van der Waals surface area (Å²) in [5.74, 6) is -1.37. The standard InChI is InChI=1S/C27H29ClN2O5S/c1-3-20-10-13-23(14-11-20)36(34,35)30(25-9-5-8-24(28)19(25)2)18-26(31)29-17-22-7-4-6-21(16-22)12-15-27(32)33/h4-11,13-14,16H,3,12,15,17-18H2,1-2H3,(H,29,31)(H,32,33). The van der Waals surface area contributed by atoms with Crippen LogP contribution in [0.2, 0.25) is 5.02 Å². The van der Waals surface area contributed by atoms with Crippen LogP contribution in [0.3, 0.4) is 0 Å². The lowest BCUT2D eigenvalue weighted by molar-refractivity contribution is -0.137. The van der Waals surface area contributed by atoms with Crippen molar-refractivity contribution in [3.63, 3.8) is 0 Å². The van der Waals surface area contributed by atoms with E-state index in [0.717, 1.165) is 27.4 Å². The SMILES string of the molecule is CCc1ccc(S(=O)(=O)N(CC(=O)NCc2cccc(CCC(=O)O)c2)c2cccc(Cl)c2C)cc1. The molecule has 3 aromatic rings. The minimum absolute atomic E-state index is 0.0147. The third kappa shape index (κ3) is 6.86. The molecule has 0 unspecified atom stereocenters. The summed E-state index contributed by atoms with van der Waals surface area (Å²) in [4.78, 5) is 23.9. The molecular formula is C27H29ClN2O5S. The van der Waals surface area contributed by atoms with Gasteiger partial charge in [-0.25, -0.2) is 8.42 Å². The van der Waals surface area contributed by atoms with Crippen molar-refractivity contribution in [3.8, 4) is 0 Å². The molecule has 2 N–H and O–H groups in total. The van der Waals surface area contributed by atoms with E-state index >= 15 is 0 Å². The van der Waals surface area contributed by atoms with E-state index in [0.29, 0.717) is 22.7 Å². The number of anilines is 1. The molecule has 1 amide bonds. The first-order valence-corrected chi connectivity index (χ1v) is 13.4. The van der Waals surface area contributed by atoms with Crippen molar-refractivity contribution in [3.05, 3.63) is 94.0 Å². The maximum atomic E-state index is 13.6. The van der Waals surface area contributed by atoms with Gasteiger partial charge >= 0.3 is 5.97 Å². The largest absolute Gasteiger partial charge is 0.481 e. The van der Waals surface area contributed by atoms with Gasteiger partial charge in [-0.05, 0) is 66.3 Å². The second-order valence-electron chi connectivity index (χ2n) is 8.38. The van der Waals surface area contributed by atoms with Crippen LogP contribution in [0.15, 0.2) is 71.6 Å². The Kier molecular flexibility index (Phi) is 9.12. The zero-order valence-corrected chi connectivity index (χ0v) is 21.8. The highest BCUT2D eigenvalue weighted by atomic mass is 35.5. The molecule has 0 aromatic heterocycles. The van der Waals surface area contributed by atoms with Gasteiger partial charge in [0, 0.05) is 18.0 Å². The van der Waals surface area contributed by atoms with Crippen LogP contribution in [0.1, 0.15) is 35.6 Å². The average Bonchev–Trinajstić information content (AvgIpc) is 2.87. The maximum Gasteiger partial charge on any atom is 0.303 e. The Hall–Kier alpha value is -3.36. The van der Waals surface area contributed by atoms with Gasteiger partial charge in [0.15, 0.2) is 0 Å². The van der Waals surface area contributed by atoms with E-state index in [-0.39, 0.29) is 17.9 Å². The van der Waals surface area contributed by atoms with Crippen molar-refractivity contribution >= 4 is 39.2 Å². The van der Waals surface area contributed by atoms with Crippen LogP contribution in [0.25, 0.3) is 0 Å². The minimum atomic E-state index is -4.06. The van der Waals surface area contributed by atoms with Crippen molar-refractivity contribution < 1.29 is 23.1 Å². The number of carbonyl (C=O) groups is 2.